The van der Waals surface area contributed by atoms with E-state index in [1.165, 1.54) is 11.8 Å². The van der Waals surface area contributed by atoms with E-state index in [9.17, 15) is 4.79 Å². The van der Waals surface area contributed by atoms with Gasteiger partial charge in [0, 0.05) is 6.54 Å². The molecule has 1 heterocycles. The van der Waals surface area contributed by atoms with Gasteiger partial charge in [-0.05, 0) is 31.2 Å². The Morgan fingerprint density at radius 1 is 1.04 bits per heavy atom. The molecule has 1 amide bonds. The molecule has 9 heteroatoms. The summed E-state index contributed by atoms with van der Waals surface area (Å²) in [6.07, 6.45) is 0. The summed E-state index contributed by atoms with van der Waals surface area (Å²) in [5, 5.41) is 16.4. The Morgan fingerprint density at radius 3 is 2.32 bits per heavy atom. The molecule has 0 aliphatic rings. The molecular formula is C19H19Cl2N5OS. The van der Waals surface area contributed by atoms with Gasteiger partial charge in [0.1, 0.15) is 0 Å². The molecule has 28 heavy (non-hydrogen) atoms. The van der Waals surface area contributed by atoms with E-state index in [0.717, 1.165) is 11.5 Å². The van der Waals surface area contributed by atoms with Crippen LogP contribution in [0.5, 0.6) is 0 Å². The largest absolute Gasteiger partial charge is 0.377 e. The predicted molar refractivity (Wildman–Crippen MR) is 115 cm³/mol. The average molecular weight is 436 g/mol. The average Bonchev–Trinajstić information content (AvgIpc) is 3.09. The first kappa shape index (κ1) is 20.5. The molecule has 0 aliphatic carbocycles. The SMILES string of the molecule is CCn1c(CNc2ccccc2Cl)nnc1SCC(=O)Nc1ccccc1Cl. The first-order valence-electron chi connectivity index (χ1n) is 8.66. The van der Waals surface area contributed by atoms with Crippen molar-refractivity contribution in [2.75, 3.05) is 16.4 Å². The summed E-state index contributed by atoms with van der Waals surface area (Å²) in [6.45, 7) is 3.19. The Balaban J connectivity index is 1.59. The van der Waals surface area contributed by atoms with Crippen LogP contribution >= 0.6 is 35.0 Å². The Labute approximate surface area is 177 Å². The van der Waals surface area contributed by atoms with Crippen LogP contribution in [-0.4, -0.2) is 26.4 Å². The molecule has 0 aliphatic heterocycles. The van der Waals surface area contributed by atoms with Crippen LogP contribution in [0.4, 0.5) is 11.4 Å². The lowest BCUT2D eigenvalue weighted by molar-refractivity contribution is -0.113. The van der Waals surface area contributed by atoms with Crippen molar-refractivity contribution >= 4 is 52.2 Å². The Bertz CT molecular complexity index is 963. The molecule has 146 valence electrons. The summed E-state index contributed by atoms with van der Waals surface area (Å²) in [4.78, 5) is 12.2. The van der Waals surface area contributed by atoms with Crippen molar-refractivity contribution in [1.29, 1.82) is 0 Å². The van der Waals surface area contributed by atoms with Crippen LogP contribution in [0.15, 0.2) is 53.7 Å². The molecule has 2 N–H and O–H groups in total. The number of aromatic nitrogens is 3. The highest BCUT2D eigenvalue weighted by molar-refractivity contribution is 7.99. The zero-order valence-corrected chi connectivity index (χ0v) is 17.5. The summed E-state index contributed by atoms with van der Waals surface area (Å²) < 4.78 is 1.97. The zero-order chi connectivity index (χ0) is 19.9. The fourth-order valence-electron chi connectivity index (χ4n) is 2.53. The van der Waals surface area contributed by atoms with E-state index in [0.29, 0.717) is 34.0 Å². The second-order valence-electron chi connectivity index (χ2n) is 5.79. The second kappa shape index (κ2) is 9.82. The quantitative estimate of drug-likeness (QED) is 0.489. The highest BCUT2D eigenvalue weighted by Gasteiger charge is 2.14. The number of nitrogens with zero attached hydrogens (tertiary/aromatic N) is 3. The molecule has 3 rings (SSSR count). The number of hydrogen-bond acceptors (Lipinski definition) is 5. The summed E-state index contributed by atoms with van der Waals surface area (Å²) in [7, 11) is 0. The molecule has 0 atom stereocenters. The van der Waals surface area contributed by atoms with Crippen molar-refractivity contribution in [2.45, 2.75) is 25.2 Å². The first-order valence-corrected chi connectivity index (χ1v) is 10.4. The van der Waals surface area contributed by atoms with Crippen molar-refractivity contribution in [1.82, 2.24) is 14.8 Å². The minimum absolute atomic E-state index is 0.153. The number of rotatable bonds is 8. The van der Waals surface area contributed by atoms with Gasteiger partial charge in [0.25, 0.3) is 0 Å². The number of anilines is 2. The zero-order valence-electron chi connectivity index (χ0n) is 15.2. The van der Waals surface area contributed by atoms with Gasteiger partial charge >= 0.3 is 0 Å². The van der Waals surface area contributed by atoms with E-state index in [-0.39, 0.29) is 11.7 Å². The van der Waals surface area contributed by atoms with Crippen LogP contribution < -0.4 is 10.6 Å². The molecule has 0 saturated heterocycles. The van der Waals surface area contributed by atoms with Crippen LogP contribution in [0.3, 0.4) is 0 Å². The maximum atomic E-state index is 12.2. The van der Waals surface area contributed by atoms with Crippen LogP contribution in [0.2, 0.25) is 10.0 Å². The Hall–Kier alpha value is -2.22. The number of para-hydroxylation sites is 2. The smallest absolute Gasteiger partial charge is 0.234 e. The molecule has 0 bridgehead atoms. The number of benzene rings is 2. The molecule has 6 nitrogen and oxygen atoms in total. The highest BCUT2D eigenvalue weighted by Crippen LogP contribution is 2.23. The van der Waals surface area contributed by atoms with E-state index < -0.39 is 0 Å². The summed E-state index contributed by atoms with van der Waals surface area (Å²) in [5.41, 5.74) is 1.43. The van der Waals surface area contributed by atoms with E-state index >= 15 is 0 Å². The fraction of sp³-hybridized carbons (Fsp3) is 0.211. The van der Waals surface area contributed by atoms with Gasteiger partial charge in [0.2, 0.25) is 5.91 Å². The van der Waals surface area contributed by atoms with Crippen molar-refractivity contribution in [3.8, 4) is 0 Å². The standard InChI is InChI=1S/C19H19Cl2N5OS/c1-2-26-17(11-22-15-9-5-3-7-13(15)20)24-25-19(26)28-12-18(27)23-16-10-6-4-8-14(16)21/h3-10,22H,2,11-12H2,1H3,(H,23,27). The topological polar surface area (TPSA) is 71.8 Å². The van der Waals surface area contributed by atoms with Gasteiger partial charge in [-0.25, -0.2) is 0 Å². The molecule has 0 spiro atoms. The number of nitrogens with one attached hydrogen (secondary N) is 2. The maximum Gasteiger partial charge on any atom is 0.234 e. The summed E-state index contributed by atoms with van der Waals surface area (Å²) >= 11 is 13.6. The number of halogens is 2. The molecule has 2 aromatic carbocycles. The van der Waals surface area contributed by atoms with Crippen molar-refractivity contribution in [3.05, 3.63) is 64.4 Å². The van der Waals surface area contributed by atoms with Crippen molar-refractivity contribution in [3.63, 3.8) is 0 Å². The number of hydrogen-bond donors (Lipinski definition) is 2. The minimum atomic E-state index is -0.153. The lowest BCUT2D eigenvalue weighted by Gasteiger charge is -2.10. The third-order valence-corrected chi connectivity index (χ3v) is 5.53. The van der Waals surface area contributed by atoms with Crippen LogP contribution in [0, 0.1) is 0 Å². The van der Waals surface area contributed by atoms with Gasteiger partial charge in [-0.1, -0.05) is 59.2 Å². The monoisotopic (exact) mass is 435 g/mol. The number of carbonyl (C=O) groups is 1. The van der Waals surface area contributed by atoms with E-state index in [1.807, 2.05) is 47.9 Å². The maximum absolute atomic E-state index is 12.2. The number of amides is 1. The van der Waals surface area contributed by atoms with E-state index in [4.69, 9.17) is 23.2 Å². The van der Waals surface area contributed by atoms with Crippen molar-refractivity contribution < 1.29 is 4.79 Å². The molecule has 0 fully saturated rings. The van der Waals surface area contributed by atoms with Crippen LogP contribution in [0.25, 0.3) is 0 Å². The Kier molecular flexibility index (Phi) is 7.19. The summed E-state index contributed by atoms with van der Waals surface area (Å²) in [6, 6.07) is 14.7. The van der Waals surface area contributed by atoms with E-state index in [2.05, 4.69) is 20.8 Å². The normalized spacial score (nSPS) is 10.7. The first-order chi connectivity index (χ1) is 13.6. The van der Waals surface area contributed by atoms with Gasteiger partial charge in [-0.2, -0.15) is 0 Å². The molecule has 0 saturated carbocycles. The van der Waals surface area contributed by atoms with Crippen LogP contribution in [-0.2, 0) is 17.9 Å². The predicted octanol–water partition coefficient (Wildman–Crippen LogP) is 4.95. The molecule has 0 unspecified atom stereocenters. The lowest BCUT2D eigenvalue weighted by Crippen LogP contribution is -2.15. The fourth-order valence-corrected chi connectivity index (χ4v) is 3.74. The molecule has 0 radical (unpaired) electrons. The molecule has 1 aromatic heterocycles. The third kappa shape index (κ3) is 5.19. The number of thioether (sulfide) groups is 1. The second-order valence-corrected chi connectivity index (χ2v) is 7.55. The van der Waals surface area contributed by atoms with Crippen molar-refractivity contribution in [2.24, 2.45) is 0 Å². The lowest BCUT2D eigenvalue weighted by atomic mass is 10.3. The molecule has 3 aromatic rings. The van der Waals surface area contributed by atoms with Gasteiger partial charge < -0.3 is 15.2 Å². The van der Waals surface area contributed by atoms with Crippen LogP contribution in [0.1, 0.15) is 12.7 Å². The van der Waals surface area contributed by atoms with Gasteiger partial charge in [-0.15, -0.1) is 10.2 Å². The van der Waals surface area contributed by atoms with Gasteiger partial charge in [-0.3, -0.25) is 4.79 Å². The number of carbonyl (C=O) groups excluding carboxylic acids is 1. The van der Waals surface area contributed by atoms with E-state index in [1.54, 1.807) is 12.1 Å². The summed E-state index contributed by atoms with van der Waals surface area (Å²) in [5.74, 6) is 0.831. The van der Waals surface area contributed by atoms with Gasteiger partial charge in [0.15, 0.2) is 11.0 Å². The Morgan fingerprint density at radius 2 is 1.68 bits per heavy atom. The highest BCUT2D eigenvalue weighted by atomic mass is 35.5. The van der Waals surface area contributed by atoms with Gasteiger partial charge in [0.05, 0.1) is 33.7 Å². The molecular weight excluding hydrogens is 417 g/mol. The minimum Gasteiger partial charge on any atom is -0.377 e. The third-order valence-electron chi connectivity index (χ3n) is 3.90.